The molecular weight excluding hydrogens is 95.1 g/mol. The fourth-order valence-corrected chi connectivity index (χ4v) is 0. The SMILES string of the molecule is C[C-]=O.[Na+].[SH-]. The van der Waals surface area contributed by atoms with Crippen molar-refractivity contribution in [2.24, 2.45) is 0 Å². The van der Waals surface area contributed by atoms with E-state index in [9.17, 15) is 0 Å². The van der Waals surface area contributed by atoms with Gasteiger partial charge in [-0.2, -0.15) is 6.92 Å². The number of hydrogen-bond donors (Lipinski definition) is 0. The van der Waals surface area contributed by atoms with Crippen LogP contribution in [0.1, 0.15) is 6.92 Å². The molecule has 0 aromatic rings. The summed E-state index contributed by atoms with van der Waals surface area (Å²) in [6.45, 7) is 1.32. The van der Waals surface area contributed by atoms with Crippen LogP contribution in [0.5, 0.6) is 0 Å². The first-order chi connectivity index (χ1) is 1.41. The molecule has 0 amide bonds. The Balaban J connectivity index is -0.0000000200. The third-order valence-electron chi connectivity index (χ3n) is 0. The molecule has 26 valence electrons. The fourth-order valence-electron chi connectivity index (χ4n) is 0. The molecule has 0 heterocycles. The zero-order valence-electron chi connectivity index (χ0n) is 3.36. The van der Waals surface area contributed by atoms with Gasteiger partial charge in [-0.15, -0.1) is 0 Å². The van der Waals surface area contributed by atoms with E-state index in [-0.39, 0.29) is 43.1 Å². The van der Waals surface area contributed by atoms with Crippen molar-refractivity contribution in [3.8, 4) is 0 Å². The van der Waals surface area contributed by atoms with E-state index in [2.05, 4.69) is 0 Å². The van der Waals surface area contributed by atoms with E-state index in [4.69, 9.17) is 4.79 Å². The average Bonchev–Trinajstić information content (AvgIpc) is 0.918. The summed E-state index contributed by atoms with van der Waals surface area (Å²) in [5.41, 5.74) is 0. The Morgan fingerprint density at radius 2 is 1.60 bits per heavy atom. The molecule has 0 unspecified atom stereocenters. The van der Waals surface area contributed by atoms with Crippen molar-refractivity contribution in [3.05, 3.63) is 0 Å². The van der Waals surface area contributed by atoms with Crippen molar-refractivity contribution in [1.29, 1.82) is 0 Å². The Morgan fingerprint density at radius 1 is 1.60 bits per heavy atom. The summed E-state index contributed by atoms with van der Waals surface area (Å²) >= 11 is 0. The molecule has 0 aromatic heterocycles. The van der Waals surface area contributed by atoms with Crippen LogP contribution < -0.4 is 29.6 Å². The first kappa shape index (κ1) is 16.6. The first-order valence-corrected chi connectivity index (χ1v) is 0.704. The van der Waals surface area contributed by atoms with Gasteiger partial charge in [0.15, 0.2) is 0 Å². The minimum atomic E-state index is 0. The van der Waals surface area contributed by atoms with E-state index < -0.39 is 0 Å². The topological polar surface area (TPSA) is 17.1 Å². The van der Waals surface area contributed by atoms with Crippen LogP contribution >= 0.6 is 0 Å². The summed E-state index contributed by atoms with van der Waals surface area (Å²) in [7, 11) is 0. The van der Waals surface area contributed by atoms with Gasteiger partial charge in [0, 0.05) is 0 Å². The molecule has 3 heteroatoms. The fraction of sp³-hybridized carbons (Fsp3) is 0.500. The molecule has 0 spiro atoms. The second kappa shape index (κ2) is 19.9. The maximum atomic E-state index is 8.68. The van der Waals surface area contributed by atoms with Crippen LogP contribution in [-0.4, -0.2) is 6.29 Å². The smallest absolute Gasteiger partial charge is 0.813 e. The molecule has 0 radical (unpaired) electrons. The maximum Gasteiger partial charge on any atom is 1.00 e. The molecule has 0 saturated carbocycles. The second-order valence-electron chi connectivity index (χ2n) is 0.204. The zero-order chi connectivity index (χ0) is 2.71. The van der Waals surface area contributed by atoms with E-state index in [1.807, 2.05) is 0 Å². The molecule has 5 heavy (non-hydrogen) atoms. The average molecular weight is 99.1 g/mol. The minimum absolute atomic E-state index is 0. The third kappa shape index (κ3) is 44.0. The van der Waals surface area contributed by atoms with Crippen LogP contribution in [0.15, 0.2) is 0 Å². The van der Waals surface area contributed by atoms with E-state index in [1.54, 1.807) is 0 Å². The molecule has 0 rings (SSSR count). The summed E-state index contributed by atoms with van der Waals surface area (Å²) in [4.78, 5) is 8.68. The van der Waals surface area contributed by atoms with Crippen LogP contribution in [-0.2, 0) is 18.3 Å². The quantitative estimate of drug-likeness (QED) is 0.138. The van der Waals surface area contributed by atoms with Crippen LogP contribution in [0, 0.1) is 0 Å². The van der Waals surface area contributed by atoms with Crippen LogP contribution in [0.4, 0.5) is 0 Å². The second-order valence-corrected chi connectivity index (χ2v) is 0.204. The van der Waals surface area contributed by atoms with Gasteiger partial charge in [-0.3, -0.25) is 6.29 Å². The minimum Gasteiger partial charge on any atom is -0.813 e. The molecule has 0 aliphatic heterocycles. The third-order valence-corrected chi connectivity index (χ3v) is 0. The zero-order valence-corrected chi connectivity index (χ0v) is 6.25. The van der Waals surface area contributed by atoms with Crippen LogP contribution in [0.3, 0.4) is 0 Å². The monoisotopic (exact) mass is 99.0 g/mol. The van der Waals surface area contributed by atoms with Crippen molar-refractivity contribution < 1.29 is 34.4 Å². The maximum absolute atomic E-state index is 8.68. The van der Waals surface area contributed by atoms with Gasteiger partial charge in [0.25, 0.3) is 0 Å². The van der Waals surface area contributed by atoms with E-state index in [0.29, 0.717) is 0 Å². The summed E-state index contributed by atoms with van der Waals surface area (Å²) in [5, 5.41) is 0. The number of thiol groups is 1. The number of carbonyl (C=O) groups excluding carboxylic acids is 1. The van der Waals surface area contributed by atoms with Gasteiger partial charge < -0.3 is 18.3 Å². The van der Waals surface area contributed by atoms with Crippen molar-refractivity contribution in [2.45, 2.75) is 6.92 Å². The van der Waals surface area contributed by atoms with Gasteiger partial charge in [-0.25, -0.2) is 0 Å². The van der Waals surface area contributed by atoms with Gasteiger partial charge >= 0.3 is 29.6 Å². The normalized spacial score (nSPS) is 2.60. The molecule has 0 atom stereocenters. The van der Waals surface area contributed by atoms with E-state index in [1.165, 1.54) is 13.2 Å². The molecule has 0 saturated heterocycles. The predicted octanol–water partition coefficient (Wildman–Crippen LogP) is -3.15. The summed E-state index contributed by atoms with van der Waals surface area (Å²) < 4.78 is 0. The van der Waals surface area contributed by atoms with Gasteiger partial charge in [-0.05, 0) is 0 Å². The molecule has 0 fully saturated rings. The Labute approximate surface area is 60.9 Å². The molecule has 0 aliphatic rings. The summed E-state index contributed by atoms with van der Waals surface area (Å²) in [6, 6.07) is 0. The van der Waals surface area contributed by atoms with Crippen LogP contribution in [0.2, 0.25) is 0 Å². The van der Waals surface area contributed by atoms with Crippen molar-refractivity contribution >= 4 is 19.8 Å². The Bertz CT molecular complexity index is 17.1. The first-order valence-electron chi connectivity index (χ1n) is 0.704. The number of hydrogen-bond acceptors (Lipinski definition) is 2. The largest absolute Gasteiger partial charge is 1.00 e. The van der Waals surface area contributed by atoms with Gasteiger partial charge in [0.05, 0.1) is 0 Å². The van der Waals surface area contributed by atoms with Crippen molar-refractivity contribution in [1.82, 2.24) is 0 Å². The van der Waals surface area contributed by atoms with Gasteiger partial charge in [-0.1, -0.05) is 0 Å². The van der Waals surface area contributed by atoms with Crippen LogP contribution in [0.25, 0.3) is 0 Å². The summed E-state index contributed by atoms with van der Waals surface area (Å²) in [6.07, 6.45) is 1.50. The van der Waals surface area contributed by atoms with E-state index >= 15 is 0 Å². The summed E-state index contributed by atoms with van der Waals surface area (Å²) in [5.74, 6) is 0. The van der Waals surface area contributed by atoms with E-state index in [0.717, 1.165) is 0 Å². The Morgan fingerprint density at radius 3 is 1.60 bits per heavy atom. The Kier molecular flexibility index (Phi) is 66.1. The molecule has 0 aromatic carbocycles. The van der Waals surface area contributed by atoms with Gasteiger partial charge in [0.1, 0.15) is 0 Å². The molecule has 0 aliphatic carbocycles. The molecule has 1 nitrogen and oxygen atoms in total. The standard InChI is InChI=1S/C2H3O.Na.H2S/c1-2-3;;/h1H3;;1H2/q-1;+1;/p-1. The molecular formula is C2H4NaOS-. The number of rotatable bonds is 0. The van der Waals surface area contributed by atoms with Crippen molar-refractivity contribution in [2.75, 3.05) is 0 Å². The van der Waals surface area contributed by atoms with Gasteiger partial charge in [0.2, 0.25) is 0 Å². The predicted molar refractivity (Wildman–Crippen MR) is 20.1 cm³/mol. The Hall–Kier alpha value is 1.02. The molecule has 0 N–H and O–H groups in total. The van der Waals surface area contributed by atoms with Crippen molar-refractivity contribution in [3.63, 3.8) is 0 Å². The molecule has 0 bridgehead atoms.